The molecule has 0 saturated heterocycles. The first-order valence-electron chi connectivity index (χ1n) is 21.9. The van der Waals surface area contributed by atoms with E-state index in [1.165, 1.54) is 96.7 Å². The van der Waals surface area contributed by atoms with Crippen LogP contribution in [0, 0.1) is 6.92 Å². The maximum Gasteiger partial charge on any atom is 0.267 e. The molecule has 0 aromatic heterocycles. The average molecular weight is 775 g/mol. The Bertz CT molecular complexity index is 2630. The number of hydrogen-bond donors (Lipinski definition) is 0. The summed E-state index contributed by atoms with van der Waals surface area (Å²) in [6, 6.07) is 46.4. The Kier molecular flexibility index (Phi) is 8.31. The van der Waals surface area contributed by atoms with Crippen molar-refractivity contribution in [2.45, 2.75) is 123 Å². The molecule has 0 saturated carbocycles. The van der Waals surface area contributed by atoms with Crippen LogP contribution in [0.25, 0.3) is 11.1 Å². The third kappa shape index (κ3) is 5.99. The molecule has 0 bridgehead atoms. The molecular formula is C55H59BN2O. The van der Waals surface area contributed by atoms with E-state index in [2.05, 4.69) is 207 Å². The molecule has 3 nitrogen and oxygen atoms in total. The smallest absolute Gasteiger partial charge is 0.267 e. The van der Waals surface area contributed by atoms with Crippen molar-refractivity contribution in [1.82, 2.24) is 0 Å². The van der Waals surface area contributed by atoms with Gasteiger partial charge in [-0.15, -0.1) is 0 Å². The van der Waals surface area contributed by atoms with Crippen molar-refractivity contribution in [3.8, 4) is 16.9 Å². The number of fused-ring (bicyclic) bond motifs is 7. The number of anilines is 5. The molecule has 59 heavy (non-hydrogen) atoms. The summed E-state index contributed by atoms with van der Waals surface area (Å²) in [4.78, 5) is 5.23. The lowest BCUT2D eigenvalue weighted by Gasteiger charge is -2.50. The molecule has 0 amide bonds. The summed E-state index contributed by atoms with van der Waals surface area (Å²) in [7, 11) is 0. The van der Waals surface area contributed by atoms with Crippen LogP contribution in [0.15, 0.2) is 121 Å². The van der Waals surface area contributed by atoms with Crippen LogP contribution in [0.1, 0.15) is 122 Å². The number of nitrogens with zero attached hydrogens (tertiary/aromatic N) is 2. The maximum atomic E-state index is 7.44. The standard InChI is InChI=1S/C55H59BN2O/c1-34-29-46-49-47(30-34)58(40-24-20-38(21-25-40)53(5,6)7)50-41-31-36(35-15-13-12-14-16-35)17-26-48(41)59-51(50)56(49)44-32-42-43(55(10,11)28-27-54(42,8)9)33-45(44)57(46)39-22-18-37(19-23-39)52(2,3)4/h12-26,29-33,50-51H,27-28H2,1-11H3. The van der Waals surface area contributed by atoms with Gasteiger partial charge in [0.05, 0.1) is 6.04 Å². The molecule has 1 aliphatic carbocycles. The van der Waals surface area contributed by atoms with Crippen LogP contribution in [0.5, 0.6) is 5.75 Å². The van der Waals surface area contributed by atoms with Crippen molar-refractivity contribution in [2.75, 3.05) is 9.80 Å². The summed E-state index contributed by atoms with van der Waals surface area (Å²) in [5, 5.41) is 0. The average Bonchev–Trinajstić information content (AvgIpc) is 3.57. The van der Waals surface area contributed by atoms with Gasteiger partial charge >= 0.3 is 0 Å². The van der Waals surface area contributed by atoms with E-state index in [0.29, 0.717) is 0 Å². The van der Waals surface area contributed by atoms with Crippen LogP contribution in [-0.2, 0) is 21.7 Å². The van der Waals surface area contributed by atoms with Crippen molar-refractivity contribution in [3.63, 3.8) is 0 Å². The van der Waals surface area contributed by atoms with Crippen molar-refractivity contribution < 1.29 is 4.74 Å². The number of hydrogen-bond acceptors (Lipinski definition) is 3. The van der Waals surface area contributed by atoms with Gasteiger partial charge in [0.15, 0.2) is 0 Å². The van der Waals surface area contributed by atoms with Gasteiger partial charge in [-0.1, -0.05) is 136 Å². The zero-order chi connectivity index (χ0) is 41.4. The highest BCUT2D eigenvalue weighted by atomic mass is 16.5. The van der Waals surface area contributed by atoms with Gasteiger partial charge in [-0.3, -0.25) is 0 Å². The van der Waals surface area contributed by atoms with Gasteiger partial charge in [-0.2, -0.15) is 0 Å². The molecule has 6 aromatic rings. The largest absolute Gasteiger partial charge is 0.495 e. The van der Waals surface area contributed by atoms with Gasteiger partial charge in [0, 0.05) is 34.0 Å². The molecule has 0 radical (unpaired) electrons. The van der Waals surface area contributed by atoms with Gasteiger partial charge in [0.25, 0.3) is 6.71 Å². The van der Waals surface area contributed by atoms with E-state index in [1.54, 1.807) is 0 Å². The van der Waals surface area contributed by atoms with Gasteiger partial charge < -0.3 is 14.5 Å². The zero-order valence-electron chi connectivity index (χ0n) is 37.0. The quantitative estimate of drug-likeness (QED) is 0.167. The number of rotatable bonds is 3. The minimum Gasteiger partial charge on any atom is -0.495 e. The summed E-state index contributed by atoms with van der Waals surface area (Å²) in [6.45, 7) is 25.9. The summed E-state index contributed by atoms with van der Waals surface area (Å²) < 4.78 is 7.44. The maximum absolute atomic E-state index is 7.44. The van der Waals surface area contributed by atoms with E-state index in [9.17, 15) is 0 Å². The number of aryl methyl sites for hydroxylation is 1. The lowest BCUT2D eigenvalue weighted by molar-refractivity contribution is 0.282. The van der Waals surface area contributed by atoms with E-state index in [-0.39, 0.29) is 40.4 Å². The normalized spacial score (nSPS) is 19.6. The summed E-state index contributed by atoms with van der Waals surface area (Å²) in [6.07, 6.45) is 2.34. The molecule has 10 rings (SSSR count). The van der Waals surface area contributed by atoms with Crippen LogP contribution in [-0.4, -0.2) is 12.7 Å². The topological polar surface area (TPSA) is 15.7 Å². The molecule has 2 unspecified atom stereocenters. The lowest BCUT2D eigenvalue weighted by atomic mass is 9.32. The Morgan fingerprint density at radius 3 is 1.78 bits per heavy atom. The van der Waals surface area contributed by atoms with E-state index >= 15 is 0 Å². The van der Waals surface area contributed by atoms with E-state index in [4.69, 9.17) is 4.74 Å². The second kappa shape index (κ2) is 12.9. The molecule has 3 heterocycles. The molecule has 3 aliphatic heterocycles. The molecule has 0 spiro atoms. The lowest BCUT2D eigenvalue weighted by Crippen LogP contribution is -2.65. The highest BCUT2D eigenvalue weighted by Gasteiger charge is 2.56. The van der Waals surface area contributed by atoms with Gasteiger partial charge in [-0.25, -0.2) is 0 Å². The molecule has 0 fully saturated rings. The second-order valence-corrected chi connectivity index (χ2v) is 21.4. The fourth-order valence-electron chi connectivity index (χ4n) is 10.7. The molecule has 6 aromatic carbocycles. The Balaban J connectivity index is 1.27. The van der Waals surface area contributed by atoms with Gasteiger partial charge in [0.2, 0.25) is 0 Å². The van der Waals surface area contributed by atoms with E-state index in [0.717, 1.165) is 5.75 Å². The van der Waals surface area contributed by atoms with Crippen molar-refractivity contribution in [1.29, 1.82) is 0 Å². The van der Waals surface area contributed by atoms with E-state index in [1.807, 2.05) is 0 Å². The molecule has 4 heteroatoms. The van der Waals surface area contributed by atoms with Gasteiger partial charge in [0.1, 0.15) is 11.8 Å². The van der Waals surface area contributed by atoms with Crippen LogP contribution in [0.2, 0.25) is 0 Å². The minimum atomic E-state index is -0.144. The van der Waals surface area contributed by atoms with Crippen LogP contribution in [0.4, 0.5) is 28.4 Å². The zero-order valence-corrected chi connectivity index (χ0v) is 37.0. The SMILES string of the molecule is Cc1cc2c3c(c1)N(c1ccc(C(C)(C)C)cc1)C1c4cc(-c5ccccc5)ccc4OC1B3c1cc3c(cc1N2c1ccc(C(C)(C)C)cc1)C(C)(C)CCC3(C)C. The second-order valence-electron chi connectivity index (χ2n) is 21.4. The molecular weight excluding hydrogens is 715 g/mol. The first-order valence-corrected chi connectivity index (χ1v) is 21.9. The summed E-state index contributed by atoms with van der Waals surface area (Å²) in [5.74, 6) is 0.989. The molecule has 4 aliphatic rings. The summed E-state index contributed by atoms with van der Waals surface area (Å²) >= 11 is 0. The third-order valence-corrected chi connectivity index (χ3v) is 14.3. The first-order chi connectivity index (χ1) is 27.9. The summed E-state index contributed by atoms with van der Waals surface area (Å²) in [5.41, 5.74) is 19.8. The highest BCUT2D eigenvalue weighted by molar-refractivity contribution is 6.91. The highest BCUT2D eigenvalue weighted by Crippen LogP contribution is 2.55. The Hall–Kier alpha value is -5.22. The van der Waals surface area contributed by atoms with Crippen LogP contribution in [0.3, 0.4) is 0 Å². The Morgan fingerprint density at radius 1 is 0.593 bits per heavy atom. The van der Waals surface area contributed by atoms with Crippen molar-refractivity contribution in [3.05, 3.63) is 155 Å². The minimum absolute atomic E-state index is 0.0227. The number of benzene rings is 6. The predicted molar refractivity (Wildman–Crippen MR) is 251 cm³/mol. The van der Waals surface area contributed by atoms with E-state index < -0.39 is 0 Å². The van der Waals surface area contributed by atoms with Crippen molar-refractivity contribution in [2.24, 2.45) is 0 Å². The predicted octanol–water partition coefficient (Wildman–Crippen LogP) is 13.2. The Labute approximate surface area is 353 Å². The van der Waals surface area contributed by atoms with Crippen LogP contribution < -0.4 is 25.5 Å². The molecule has 2 atom stereocenters. The fourth-order valence-corrected chi connectivity index (χ4v) is 10.7. The fraction of sp³-hybridized carbons (Fsp3) is 0.345. The third-order valence-electron chi connectivity index (χ3n) is 14.3. The molecule has 0 N–H and O–H groups in total. The first kappa shape index (κ1) is 38.0. The number of ether oxygens (including phenoxy) is 1. The Morgan fingerprint density at radius 2 is 1.17 bits per heavy atom. The van der Waals surface area contributed by atoms with Crippen LogP contribution >= 0.6 is 0 Å². The van der Waals surface area contributed by atoms with Gasteiger partial charge in [-0.05, 0) is 146 Å². The molecule has 298 valence electrons. The van der Waals surface area contributed by atoms with Crippen molar-refractivity contribution >= 4 is 46.1 Å². The monoisotopic (exact) mass is 774 g/mol.